The van der Waals surface area contributed by atoms with Gasteiger partial charge in [0.1, 0.15) is 11.9 Å². The van der Waals surface area contributed by atoms with Crippen molar-refractivity contribution in [2.24, 2.45) is 5.84 Å². The lowest BCUT2D eigenvalue weighted by molar-refractivity contribution is 0.633. The van der Waals surface area contributed by atoms with E-state index in [0.29, 0.717) is 9.99 Å². The molecule has 0 aliphatic carbocycles. The highest BCUT2D eigenvalue weighted by Crippen LogP contribution is 2.33. The Morgan fingerprint density at radius 3 is 2.88 bits per heavy atom. The number of nitrogens with one attached hydrogen (secondary N) is 1. The van der Waals surface area contributed by atoms with Gasteiger partial charge in [-0.25, -0.2) is 4.39 Å². The minimum atomic E-state index is -0.483. The summed E-state index contributed by atoms with van der Waals surface area (Å²) in [6.45, 7) is 1.81. The maximum atomic E-state index is 14.1. The Morgan fingerprint density at radius 2 is 2.29 bits per heavy atom. The van der Waals surface area contributed by atoms with Gasteiger partial charge < -0.3 is 5.43 Å². The molecular formula is C11H8BrFN4. The highest BCUT2D eigenvalue weighted by molar-refractivity contribution is 9.10. The fourth-order valence-electron chi connectivity index (χ4n) is 1.70. The Balaban J connectivity index is 3.03. The molecule has 0 aliphatic rings. The molecule has 0 fully saturated rings. The van der Waals surface area contributed by atoms with E-state index in [1.165, 1.54) is 6.20 Å². The van der Waals surface area contributed by atoms with Gasteiger partial charge in [-0.15, -0.1) is 0 Å². The summed E-state index contributed by atoms with van der Waals surface area (Å²) in [5.74, 6) is 4.87. The van der Waals surface area contributed by atoms with Crippen LogP contribution < -0.4 is 11.3 Å². The van der Waals surface area contributed by atoms with Gasteiger partial charge in [-0.1, -0.05) is 0 Å². The standard InChI is InChI=1S/C11H8BrFN4/c1-5-2-7(12)9(13)8-10(5)16-4-6(3-14)11(8)17-15/h2,4H,15H2,1H3,(H,16,17). The lowest BCUT2D eigenvalue weighted by atomic mass is 10.1. The molecule has 0 saturated carbocycles. The lowest BCUT2D eigenvalue weighted by Crippen LogP contribution is -2.10. The SMILES string of the molecule is Cc1cc(Br)c(F)c2c(NN)c(C#N)cnc12. The molecule has 1 aromatic heterocycles. The van der Waals surface area contributed by atoms with E-state index in [4.69, 9.17) is 11.1 Å². The average Bonchev–Trinajstić information content (AvgIpc) is 2.34. The van der Waals surface area contributed by atoms with Gasteiger partial charge in [0.2, 0.25) is 0 Å². The van der Waals surface area contributed by atoms with Crippen molar-refractivity contribution in [2.45, 2.75) is 6.92 Å². The largest absolute Gasteiger partial charge is 0.322 e. The predicted octanol–water partition coefficient (Wildman–Crippen LogP) is 2.60. The number of aryl methyl sites for hydroxylation is 1. The number of aromatic nitrogens is 1. The molecule has 0 unspecified atom stereocenters. The first-order valence-electron chi connectivity index (χ1n) is 4.74. The minimum absolute atomic E-state index is 0.205. The van der Waals surface area contributed by atoms with E-state index < -0.39 is 5.82 Å². The van der Waals surface area contributed by atoms with Gasteiger partial charge in [0.05, 0.1) is 26.6 Å². The Bertz CT molecular complexity index is 648. The van der Waals surface area contributed by atoms with Gasteiger partial charge in [-0.2, -0.15) is 5.26 Å². The summed E-state index contributed by atoms with van der Waals surface area (Å²) in [6.07, 6.45) is 1.37. The normalized spacial score (nSPS) is 10.3. The first-order valence-corrected chi connectivity index (χ1v) is 5.53. The zero-order chi connectivity index (χ0) is 12.6. The molecule has 0 spiro atoms. The number of fused-ring (bicyclic) bond motifs is 1. The molecule has 17 heavy (non-hydrogen) atoms. The van der Waals surface area contributed by atoms with Crippen molar-refractivity contribution >= 4 is 32.5 Å². The van der Waals surface area contributed by atoms with Crippen LogP contribution in [0.2, 0.25) is 0 Å². The number of nitriles is 1. The Morgan fingerprint density at radius 1 is 1.59 bits per heavy atom. The summed E-state index contributed by atoms with van der Waals surface area (Å²) in [6, 6.07) is 3.55. The fraction of sp³-hybridized carbons (Fsp3) is 0.0909. The van der Waals surface area contributed by atoms with Crippen LogP contribution in [0.5, 0.6) is 0 Å². The van der Waals surface area contributed by atoms with E-state index >= 15 is 0 Å². The van der Waals surface area contributed by atoms with Crippen LogP contribution in [0.3, 0.4) is 0 Å². The van der Waals surface area contributed by atoms with Crippen LogP contribution in [0.15, 0.2) is 16.7 Å². The van der Waals surface area contributed by atoms with Crippen molar-refractivity contribution in [3.05, 3.63) is 33.7 Å². The van der Waals surface area contributed by atoms with Crippen molar-refractivity contribution in [1.82, 2.24) is 4.98 Å². The van der Waals surface area contributed by atoms with Crippen LogP contribution in [0.4, 0.5) is 10.1 Å². The summed E-state index contributed by atoms with van der Waals surface area (Å²) in [4.78, 5) is 4.08. The summed E-state index contributed by atoms with van der Waals surface area (Å²) in [7, 11) is 0. The molecule has 2 aromatic rings. The Hall–Kier alpha value is -1.71. The average molecular weight is 295 g/mol. The van der Waals surface area contributed by atoms with Crippen LogP contribution in [-0.4, -0.2) is 4.98 Å². The predicted molar refractivity (Wildman–Crippen MR) is 66.7 cm³/mol. The fourth-order valence-corrected chi connectivity index (χ4v) is 2.24. The highest BCUT2D eigenvalue weighted by Gasteiger charge is 2.16. The molecule has 1 heterocycles. The Labute approximate surface area is 105 Å². The van der Waals surface area contributed by atoms with E-state index in [2.05, 4.69) is 26.3 Å². The Kier molecular flexibility index (Phi) is 2.96. The number of pyridine rings is 1. The molecule has 3 N–H and O–H groups in total. The van der Waals surface area contributed by atoms with Gasteiger partial charge in [0, 0.05) is 6.20 Å². The molecule has 0 saturated heterocycles. The number of nitrogens with zero attached hydrogens (tertiary/aromatic N) is 2. The number of hydrazine groups is 1. The number of rotatable bonds is 1. The number of hydrogen-bond donors (Lipinski definition) is 2. The minimum Gasteiger partial charge on any atom is -0.322 e. The quantitative estimate of drug-likeness (QED) is 0.626. The van der Waals surface area contributed by atoms with Crippen molar-refractivity contribution < 1.29 is 4.39 Å². The second kappa shape index (κ2) is 4.28. The van der Waals surface area contributed by atoms with E-state index in [1.54, 1.807) is 6.07 Å². The van der Waals surface area contributed by atoms with Crippen LogP contribution >= 0.6 is 15.9 Å². The summed E-state index contributed by atoms with van der Waals surface area (Å²) in [5, 5.41) is 9.14. The first-order chi connectivity index (χ1) is 8.10. The van der Waals surface area contributed by atoms with Gasteiger partial charge in [0.25, 0.3) is 0 Å². The molecule has 0 bridgehead atoms. The van der Waals surface area contributed by atoms with Crippen LogP contribution in [0, 0.1) is 24.1 Å². The summed E-state index contributed by atoms with van der Waals surface area (Å²) in [5.41, 5.74) is 4.10. The number of nitrogen functional groups attached to an aromatic ring is 1. The van der Waals surface area contributed by atoms with Gasteiger partial charge in [-0.3, -0.25) is 10.8 Å². The summed E-state index contributed by atoms with van der Waals surface area (Å²) >= 11 is 3.12. The van der Waals surface area contributed by atoms with Crippen LogP contribution in [-0.2, 0) is 0 Å². The third kappa shape index (κ3) is 1.73. The molecule has 4 nitrogen and oxygen atoms in total. The number of anilines is 1. The van der Waals surface area contributed by atoms with Crippen molar-refractivity contribution in [2.75, 3.05) is 5.43 Å². The molecule has 86 valence electrons. The molecule has 2 rings (SSSR count). The zero-order valence-corrected chi connectivity index (χ0v) is 10.5. The van der Waals surface area contributed by atoms with E-state index in [1.807, 2.05) is 13.0 Å². The number of benzene rings is 1. The molecule has 0 aliphatic heterocycles. The first kappa shape index (κ1) is 11.8. The van der Waals surface area contributed by atoms with Gasteiger partial charge >= 0.3 is 0 Å². The zero-order valence-electron chi connectivity index (χ0n) is 8.88. The second-order valence-electron chi connectivity index (χ2n) is 3.52. The molecule has 0 radical (unpaired) electrons. The number of halogens is 2. The molecule has 0 atom stereocenters. The number of nitrogens with two attached hydrogens (primary N) is 1. The highest BCUT2D eigenvalue weighted by atomic mass is 79.9. The summed E-state index contributed by atoms with van der Waals surface area (Å²) < 4.78 is 14.4. The molecule has 0 amide bonds. The van der Waals surface area contributed by atoms with E-state index in [9.17, 15) is 4.39 Å². The van der Waals surface area contributed by atoms with Crippen LogP contribution in [0.1, 0.15) is 11.1 Å². The van der Waals surface area contributed by atoms with Crippen molar-refractivity contribution in [1.29, 1.82) is 5.26 Å². The third-order valence-corrected chi connectivity index (χ3v) is 3.07. The molecular weight excluding hydrogens is 287 g/mol. The lowest BCUT2D eigenvalue weighted by Gasteiger charge is -2.11. The second-order valence-corrected chi connectivity index (χ2v) is 4.37. The maximum absolute atomic E-state index is 14.1. The van der Waals surface area contributed by atoms with Crippen molar-refractivity contribution in [3.8, 4) is 6.07 Å². The smallest absolute Gasteiger partial charge is 0.148 e. The topological polar surface area (TPSA) is 74.7 Å². The maximum Gasteiger partial charge on any atom is 0.148 e. The van der Waals surface area contributed by atoms with Crippen LogP contribution in [0.25, 0.3) is 10.9 Å². The molecule has 1 aromatic carbocycles. The van der Waals surface area contributed by atoms with Gasteiger partial charge in [-0.05, 0) is 34.5 Å². The van der Waals surface area contributed by atoms with Crippen molar-refractivity contribution in [3.63, 3.8) is 0 Å². The van der Waals surface area contributed by atoms with E-state index in [0.717, 1.165) is 5.56 Å². The van der Waals surface area contributed by atoms with E-state index in [-0.39, 0.29) is 16.6 Å². The monoisotopic (exact) mass is 294 g/mol. The van der Waals surface area contributed by atoms with Gasteiger partial charge in [0.15, 0.2) is 0 Å². The number of hydrogen-bond acceptors (Lipinski definition) is 4. The molecule has 6 heteroatoms. The third-order valence-electron chi connectivity index (χ3n) is 2.49.